The Morgan fingerprint density at radius 3 is 2.24 bits per heavy atom. The summed E-state index contributed by atoms with van der Waals surface area (Å²) >= 11 is 5.98. The molecule has 3 rings (SSSR count). The maximum absolute atomic E-state index is 13.9. The molecule has 0 aliphatic rings. The molecule has 7 nitrogen and oxygen atoms in total. The molecule has 37 heavy (non-hydrogen) atoms. The van der Waals surface area contributed by atoms with Crippen LogP contribution in [-0.2, 0) is 26.2 Å². The van der Waals surface area contributed by atoms with Gasteiger partial charge in [-0.1, -0.05) is 54.9 Å². The molecule has 0 bridgehead atoms. The zero-order chi connectivity index (χ0) is 27.2. The van der Waals surface area contributed by atoms with Gasteiger partial charge in [0.25, 0.3) is 10.0 Å². The highest BCUT2D eigenvalue weighted by molar-refractivity contribution is 7.92. The van der Waals surface area contributed by atoms with E-state index in [1.807, 2.05) is 51.1 Å². The van der Waals surface area contributed by atoms with Crippen molar-refractivity contribution < 1.29 is 18.0 Å². The number of halogens is 1. The molecule has 0 spiro atoms. The van der Waals surface area contributed by atoms with E-state index in [1.165, 1.54) is 36.2 Å². The Morgan fingerprint density at radius 2 is 1.65 bits per heavy atom. The maximum atomic E-state index is 13.9. The van der Waals surface area contributed by atoms with Crippen molar-refractivity contribution >= 4 is 39.1 Å². The maximum Gasteiger partial charge on any atom is 0.264 e. The summed E-state index contributed by atoms with van der Waals surface area (Å²) in [5.74, 6) is -0.801. The van der Waals surface area contributed by atoms with Crippen LogP contribution >= 0.6 is 11.6 Å². The number of carbonyl (C=O) groups excluding carboxylic acids is 2. The van der Waals surface area contributed by atoms with Crippen molar-refractivity contribution in [2.75, 3.05) is 17.9 Å². The van der Waals surface area contributed by atoms with Crippen LogP contribution in [0, 0.1) is 13.8 Å². The summed E-state index contributed by atoms with van der Waals surface area (Å²) in [6.07, 6.45) is 0.367. The van der Waals surface area contributed by atoms with Crippen molar-refractivity contribution in [2.24, 2.45) is 0 Å². The zero-order valence-corrected chi connectivity index (χ0v) is 23.0. The zero-order valence-electron chi connectivity index (χ0n) is 21.4. The predicted octanol–water partition coefficient (Wildman–Crippen LogP) is 4.71. The Morgan fingerprint density at radius 1 is 0.973 bits per heavy atom. The lowest BCUT2D eigenvalue weighted by molar-refractivity contribution is -0.140. The van der Waals surface area contributed by atoms with E-state index in [4.69, 9.17) is 11.6 Å². The van der Waals surface area contributed by atoms with Gasteiger partial charge >= 0.3 is 0 Å². The third kappa shape index (κ3) is 6.70. The van der Waals surface area contributed by atoms with Crippen molar-refractivity contribution in [3.8, 4) is 0 Å². The molecule has 0 aliphatic carbocycles. The molecular formula is C28H32ClN3O4S. The third-order valence-corrected chi connectivity index (χ3v) is 8.24. The molecule has 0 saturated heterocycles. The third-order valence-electron chi connectivity index (χ3n) is 6.20. The minimum absolute atomic E-state index is 0.00926. The Labute approximate surface area is 224 Å². The molecule has 0 fully saturated rings. The van der Waals surface area contributed by atoms with Crippen LogP contribution in [0.1, 0.15) is 30.0 Å². The number of likely N-dealkylation sites (N-methyl/N-ethyl adjacent to an activating group) is 1. The standard InChI is InChI=1S/C28H32ClN3O4S/c1-5-26(28(34)30-4)31(18-22-11-7-6-10-21(22)3)27(33)19-32(24-12-8-9-20(2)17-24)37(35,36)25-15-13-23(29)14-16-25/h6-17,26H,5,18-19H2,1-4H3,(H,30,34)/t26-/m1/s1. The summed E-state index contributed by atoms with van der Waals surface area (Å²) in [5, 5.41) is 3.03. The van der Waals surface area contributed by atoms with Crippen LogP contribution < -0.4 is 9.62 Å². The van der Waals surface area contributed by atoms with Crippen molar-refractivity contribution in [3.05, 3.63) is 94.5 Å². The van der Waals surface area contributed by atoms with Gasteiger partial charge in [0.1, 0.15) is 12.6 Å². The van der Waals surface area contributed by atoms with Crippen LogP contribution in [0.25, 0.3) is 0 Å². The number of hydrogen-bond donors (Lipinski definition) is 1. The van der Waals surface area contributed by atoms with Crippen molar-refractivity contribution in [1.82, 2.24) is 10.2 Å². The number of nitrogens with one attached hydrogen (secondary N) is 1. The van der Waals surface area contributed by atoms with Gasteiger partial charge in [0.2, 0.25) is 11.8 Å². The van der Waals surface area contributed by atoms with Crippen LogP contribution in [0.4, 0.5) is 5.69 Å². The average Bonchev–Trinajstić information content (AvgIpc) is 2.88. The second-order valence-corrected chi connectivity index (χ2v) is 11.1. The van der Waals surface area contributed by atoms with Gasteiger partial charge in [-0.3, -0.25) is 13.9 Å². The van der Waals surface area contributed by atoms with Gasteiger partial charge in [0, 0.05) is 18.6 Å². The highest BCUT2D eigenvalue weighted by Gasteiger charge is 2.33. The summed E-state index contributed by atoms with van der Waals surface area (Å²) in [6.45, 7) is 5.29. The Balaban J connectivity index is 2.07. The Hall–Kier alpha value is -3.36. The van der Waals surface area contributed by atoms with Crippen LogP contribution in [0.3, 0.4) is 0 Å². The summed E-state index contributed by atoms with van der Waals surface area (Å²) in [4.78, 5) is 28.1. The first-order chi connectivity index (χ1) is 17.6. The van der Waals surface area contributed by atoms with Gasteiger partial charge in [0.05, 0.1) is 10.6 Å². The fraction of sp³-hybridized carbons (Fsp3) is 0.286. The number of carbonyl (C=O) groups is 2. The topological polar surface area (TPSA) is 86.8 Å². The minimum atomic E-state index is -4.13. The number of hydrogen-bond acceptors (Lipinski definition) is 4. The fourth-order valence-corrected chi connectivity index (χ4v) is 5.63. The van der Waals surface area contributed by atoms with E-state index in [0.717, 1.165) is 21.0 Å². The SMILES string of the molecule is CC[C@H](C(=O)NC)N(Cc1ccccc1C)C(=O)CN(c1cccc(C)c1)S(=O)(=O)c1ccc(Cl)cc1. The largest absolute Gasteiger partial charge is 0.357 e. The van der Waals surface area contributed by atoms with Gasteiger partial charge in [-0.25, -0.2) is 8.42 Å². The second kappa shape index (κ2) is 12.3. The van der Waals surface area contributed by atoms with E-state index in [1.54, 1.807) is 18.2 Å². The van der Waals surface area contributed by atoms with Gasteiger partial charge in [-0.05, 0) is 73.4 Å². The normalized spacial score (nSPS) is 12.0. The first-order valence-electron chi connectivity index (χ1n) is 12.0. The van der Waals surface area contributed by atoms with Gasteiger partial charge in [0.15, 0.2) is 0 Å². The predicted molar refractivity (Wildman–Crippen MR) is 147 cm³/mol. The minimum Gasteiger partial charge on any atom is -0.357 e. The molecule has 0 radical (unpaired) electrons. The number of benzene rings is 3. The van der Waals surface area contributed by atoms with E-state index in [-0.39, 0.29) is 17.3 Å². The summed E-state index contributed by atoms with van der Waals surface area (Å²) in [5.41, 5.74) is 3.04. The number of nitrogens with zero attached hydrogens (tertiary/aromatic N) is 2. The van der Waals surface area contributed by atoms with Crippen LogP contribution in [0.2, 0.25) is 5.02 Å². The Kier molecular flexibility index (Phi) is 9.34. The number of aryl methyl sites for hydroxylation is 2. The molecule has 9 heteroatoms. The summed E-state index contributed by atoms with van der Waals surface area (Å²) in [7, 11) is -2.61. The molecule has 0 aromatic heterocycles. The molecule has 0 saturated carbocycles. The molecule has 3 aromatic carbocycles. The molecule has 1 atom stereocenters. The second-order valence-electron chi connectivity index (χ2n) is 8.79. The van der Waals surface area contributed by atoms with Gasteiger partial charge in [-0.15, -0.1) is 0 Å². The van der Waals surface area contributed by atoms with Crippen LogP contribution in [0.5, 0.6) is 0 Å². The van der Waals surface area contributed by atoms with Crippen LogP contribution in [0.15, 0.2) is 77.7 Å². The number of anilines is 1. The monoisotopic (exact) mass is 541 g/mol. The summed E-state index contributed by atoms with van der Waals surface area (Å²) in [6, 6.07) is 19.6. The molecular weight excluding hydrogens is 510 g/mol. The first kappa shape index (κ1) is 28.2. The van der Waals surface area contributed by atoms with Crippen molar-refractivity contribution in [1.29, 1.82) is 0 Å². The van der Waals surface area contributed by atoms with Gasteiger partial charge in [-0.2, -0.15) is 0 Å². The molecule has 0 heterocycles. The number of amides is 2. The molecule has 2 amide bonds. The summed E-state index contributed by atoms with van der Waals surface area (Å²) < 4.78 is 28.7. The fourth-order valence-electron chi connectivity index (χ4n) is 4.10. The number of sulfonamides is 1. The number of rotatable bonds is 10. The first-order valence-corrected chi connectivity index (χ1v) is 13.8. The highest BCUT2D eigenvalue weighted by atomic mass is 35.5. The lowest BCUT2D eigenvalue weighted by Gasteiger charge is -2.33. The molecule has 3 aromatic rings. The van der Waals surface area contributed by atoms with E-state index in [2.05, 4.69) is 5.32 Å². The molecule has 196 valence electrons. The quantitative estimate of drug-likeness (QED) is 0.403. The van der Waals surface area contributed by atoms with Crippen molar-refractivity contribution in [3.63, 3.8) is 0 Å². The Bertz CT molecular complexity index is 1360. The van der Waals surface area contributed by atoms with E-state index >= 15 is 0 Å². The van der Waals surface area contributed by atoms with E-state index in [0.29, 0.717) is 17.1 Å². The van der Waals surface area contributed by atoms with Crippen LogP contribution in [-0.4, -0.2) is 44.8 Å². The van der Waals surface area contributed by atoms with Gasteiger partial charge < -0.3 is 10.2 Å². The lowest BCUT2D eigenvalue weighted by atomic mass is 10.1. The molecule has 0 aliphatic heterocycles. The van der Waals surface area contributed by atoms with Crippen molar-refractivity contribution in [2.45, 2.75) is 44.7 Å². The highest BCUT2D eigenvalue weighted by Crippen LogP contribution is 2.26. The molecule has 1 N–H and O–H groups in total. The smallest absolute Gasteiger partial charge is 0.264 e. The van der Waals surface area contributed by atoms with E-state index in [9.17, 15) is 18.0 Å². The molecule has 0 unspecified atom stereocenters. The van der Waals surface area contributed by atoms with E-state index < -0.39 is 28.5 Å². The lowest BCUT2D eigenvalue weighted by Crippen LogP contribution is -2.51. The average molecular weight is 542 g/mol.